The first-order chi connectivity index (χ1) is 8.97. The van der Waals surface area contributed by atoms with Gasteiger partial charge in [0.05, 0.1) is 5.69 Å². The van der Waals surface area contributed by atoms with E-state index in [9.17, 15) is 4.39 Å². The van der Waals surface area contributed by atoms with Crippen LogP contribution >= 0.6 is 12.2 Å². The minimum absolute atomic E-state index is 0.0622. The van der Waals surface area contributed by atoms with E-state index in [0.29, 0.717) is 12.2 Å². The average molecular weight is 278 g/mol. The quantitative estimate of drug-likeness (QED) is 0.841. The topological polar surface area (TPSA) is 55.9 Å². The van der Waals surface area contributed by atoms with Gasteiger partial charge in [-0.15, -0.1) is 0 Å². The Balaban J connectivity index is 2.10. The molecule has 0 unspecified atom stereocenters. The smallest absolute Gasteiger partial charge is 0.135 e. The summed E-state index contributed by atoms with van der Waals surface area (Å²) in [5, 5.41) is 7.39. The van der Waals surface area contributed by atoms with Crippen molar-refractivity contribution in [3.63, 3.8) is 0 Å². The van der Waals surface area contributed by atoms with Crippen LogP contribution in [-0.4, -0.2) is 14.8 Å². The highest BCUT2D eigenvalue weighted by atomic mass is 32.1. The lowest BCUT2D eigenvalue weighted by Gasteiger charge is -2.07. The van der Waals surface area contributed by atoms with E-state index in [2.05, 4.69) is 10.4 Å². The molecule has 0 radical (unpaired) electrons. The summed E-state index contributed by atoms with van der Waals surface area (Å²) in [4.78, 5) is 0.0622. The number of anilines is 1. The van der Waals surface area contributed by atoms with Crippen molar-refractivity contribution in [2.75, 3.05) is 5.32 Å². The largest absolute Gasteiger partial charge is 0.389 e. The number of halogens is 1. The fourth-order valence-electron chi connectivity index (χ4n) is 1.84. The van der Waals surface area contributed by atoms with Crippen molar-refractivity contribution >= 4 is 22.9 Å². The van der Waals surface area contributed by atoms with Crippen LogP contribution in [0.3, 0.4) is 0 Å². The molecule has 6 heteroatoms. The summed E-state index contributed by atoms with van der Waals surface area (Å²) in [7, 11) is 1.87. The van der Waals surface area contributed by atoms with Crippen molar-refractivity contribution in [1.82, 2.24) is 9.78 Å². The first-order valence-electron chi connectivity index (χ1n) is 5.79. The molecule has 0 aliphatic rings. The Kier molecular flexibility index (Phi) is 3.80. The number of thiocarbonyl (C=S) groups is 1. The second-order valence-electron chi connectivity index (χ2n) is 4.33. The molecule has 0 saturated heterocycles. The van der Waals surface area contributed by atoms with E-state index < -0.39 is 5.82 Å². The first-order valence-corrected chi connectivity index (χ1v) is 6.20. The minimum Gasteiger partial charge on any atom is -0.389 e. The van der Waals surface area contributed by atoms with Gasteiger partial charge in [0.25, 0.3) is 0 Å². The fourth-order valence-corrected chi connectivity index (χ4v) is 2.01. The van der Waals surface area contributed by atoms with Crippen LogP contribution in [0.2, 0.25) is 0 Å². The van der Waals surface area contributed by atoms with Crippen molar-refractivity contribution in [3.8, 4) is 0 Å². The molecule has 1 aromatic heterocycles. The monoisotopic (exact) mass is 278 g/mol. The Morgan fingerprint density at radius 2 is 2.26 bits per heavy atom. The zero-order valence-electron chi connectivity index (χ0n) is 10.8. The highest BCUT2D eigenvalue weighted by molar-refractivity contribution is 7.80. The Morgan fingerprint density at radius 1 is 1.53 bits per heavy atom. The SMILES string of the molecule is Cc1nn(C)cc1CNc1ccc(C(N)=S)c(F)c1. The number of aromatic nitrogens is 2. The maximum Gasteiger partial charge on any atom is 0.135 e. The predicted octanol–water partition coefficient (Wildman–Crippen LogP) is 2.11. The van der Waals surface area contributed by atoms with E-state index >= 15 is 0 Å². The van der Waals surface area contributed by atoms with Crippen LogP contribution in [0.5, 0.6) is 0 Å². The molecular weight excluding hydrogens is 263 g/mol. The first kappa shape index (κ1) is 13.5. The Morgan fingerprint density at radius 3 is 2.79 bits per heavy atom. The third-order valence-electron chi connectivity index (χ3n) is 2.83. The van der Waals surface area contributed by atoms with Crippen molar-refractivity contribution in [2.24, 2.45) is 12.8 Å². The summed E-state index contributed by atoms with van der Waals surface area (Å²) in [6, 6.07) is 4.72. The summed E-state index contributed by atoms with van der Waals surface area (Å²) in [6.07, 6.45) is 1.93. The third-order valence-corrected chi connectivity index (χ3v) is 3.05. The molecule has 0 aliphatic carbocycles. The van der Waals surface area contributed by atoms with E-state index in [1.807, 2.05) is 20.2 Å². The number of hydrogen-bond acceptors (Lipinski definition) is 3. The molecule has 0 fully saturated rings. The number of aryl methyl sites for hydroxylation is 2. The molecule has 1 heterocycles. The van der Waals surface area contributed by atoms with E-state index in [-0.39, 0.29) is 10.6 Å². The van der Waals surface area contributed by atoms with Gasteiger partial charge in [-0.25, -0.2) is 4.39 Å². The molecule has 0 saturated carbocycles. The van der Waals surface area contributed by atoms with Crippen LogP contribution in [0.1, 0.15) is 16.8 Å². The van der Waals surface area contributed by atoms with Crippen molar-refractivity contribution in [1.29, 1.82) is 0 Å². The maximum atomic E-state index is 13.7. The van der Waals surface area contributed by atoms with Gasteiger partial charge < -0.3 is 11.1 Å². The van der Waals surface area contributed by atoms with E-state index in [0.717, 1.165) is 11.3 Å². The van der Waals surface area contributed by atoms with Crippen LogP contribution in [0, 0.1) is 12.7 Å². The maximum absolute atomic E-state index is 13.7. The number of nitrogens with one attached hydrogen (secondary N) is 1. The normalized spacial score (nSPS) is 10.5. The number of benzene rings is 1. The van der Waals surface area contributed by atoms with Crippen LogP contribution in [-0.2, 0) is 13.6 Å². The molecule has 0 spiro atoms. The molecule has 0 bridgehead atoms. The lowest BCUT2D eigenvalue weighted by molar-refractivity contribution is 0.626. The van der Waals surface area contributed by atoms with Gasteiger partial charge in [-0.2, -0.15) is 5.10 Å². The van der Waals surface area contributed by atoms with Gasteiger partial charge in [-0.1, -0.05) is 12.2 Å². The molecular formula is C13H15FN4S. The summed E-state index contributed by atoms with van der Waals surface area (Å²) in [5.74, 6) is -0.416. The van der Waals surface area contributed by atoms with Gasteiger partial charge in [-0.05, 0) is 25.1 Å². The highest BCUT2D eigenvalue weighted by Gasteiger charge is 2.07. The van der Waals surface area contributed by atoms with Gasteiger partial charge in [0, 0.05) is 36.6 Å². The second kappa shape index (κ2) is 5.36. The average Bonchev–Trinajstić information content (AvgIpc) is 2.65. The molecule has 2 rings (SSSR count). The van der Waals surface area contributed by atoms with E-state index in [1.54, 1.807) is 16.8 Å². The molecule has 2 aromatic rings. The Labute approximate surface area is 116 Å². The molecule has 3 N–H and O–H groups in total. The van der Waals surface area contributed by atoms with Gasteiger partial charge >= 0.3 is 0 Å². The minimum atomic E-state index is -0.416. The van der Waals surface area contributed by atoms with Gasteiger partial charge in [0.15, 0.2) is 0 Å². The van der Waals surface area contributed by atoms with E-state index in [4.69, 9.17) is 18.0 Å². The molecule has 1 aromatic carbocycles. The van der Waals surface area contributed by atoms with E-state index in [1.165, 1.54) is 6.07 Å². The fraction of sp³-hybridized carbons (Fsp3) is 0.231. The molecule has 4 nitrogen and oxygen atoms in total. The summed E-state index contributed by atoms with van der Waals surface area (Å²) < 4.78 is 15.4. The van der Waals surface area contributed by atoms with Gasteiger partial charge in [0.2, 0.25) is 0 Å². The zero-order chi connectivity index (χ0) is 14.0. The zero-order valence-corrected chi connectivity index (χ0v) is 11.6. The van der Waals surface area contributed by atoms with Crippen LogP contribution in [0.25, 0.3) is 0 Å². The highest BCUT2D eigenvalue weighted by Crippen LogP contribution is 2.16. The van der Waals surface area contributed by atoms with Crippen LogP contribution < -0.4 is 11.1 Å². The van der Waals surface area contributed by atoms with Crippen molar-refractivity contribution in [2.45, 2.75) is 13.5 Å². The Bertz CT molecular complexity index is 621. The van der Waals surface area contributed by atoms with Gasteiger partial charge in [0.1, 0.15) is 10.8 Å². The third kappa shape index (κ3) is 3.08. The lowest BCUT2D eigenvalue weighted by atomic mass is 10.2. The number of rotatable bonds is 4. The number of nitrogens with zero attached hydrogens (tertiary/aromatic N) is 2. The van der Waals surface area contributed by atoms with Crippen LogP contribution in [0.15, 0.2) is 24.4 Å². The lowest BCUT2D eigenvalue weighted by Crippen LogP contribution is -2.12. The van der Waals surface area contributed by atoms with Crippen molar-refractivity contribution < 1.29 is 4.39 Å². The molecule has 19 heavy (non-hydrogen) atoms. The van der Waals surface area contributed by atoms with Crippen molar-refractivity contribution in [3.05, 3.63) is 47.0 Å². The Hall–Kier alpha value is -1.95. The number of hydrogen-bond donors (Lipinski definition) is 2. The molecule has 0 aliphatic heterocycles. The second-order valence-corrected chi connectivity index (χ2v) is 4.77. The summed E-state index contributed by atoms with van der Waals surface area (Å²) >= 11 is 4.76. The predicted molar refractivity (Wildman–Crippen MR) is 77.6 cm³/mol. The summed E-state index contributed by atoms with van der Waals surface area (Å²) in [6.45, 7) is 2.53. The standard InChI is InChI=1S/C13H15FN4S/c1-8-9(7-18(2)17-8)6-16-10-3-4-11(13(15)19)12(14)5-10/h3-5,7,16H,6H2,1-2H3,(H2,15,19). The molecule has 100 valence electrons. The van der Waals surface area contributed by atoms with Crippen LogP contribution in [0.4, 0.5) is 10.1 Å². The summed E-state index contributed by atoms with van der Waals surface area (Å²) in [5.41, 5.74) is 8.38. The molecule has 0 atom stereocenters. The van der Waals surface area contributed by atoms with Gasteiger partial charge in [-0.3, -0.25) is 4.68 Å². The molecule has 0 amide bonds. The number of nitrogens with two attached hydrogens (primary N) is 1.